The Labute approximate surface area is 155 Å². The summed E-state index contributed by atoms with van der Waals surface area (Å²) in [7, 11) is 0. The lowest BCUT2D eigenvalue weighted by molar-refractivity contribution is 0.612. The topological polar surface area (TPSA) is 49.8 Å². The second-order valence-electron chi connectivity index (χ2n) is 5.38. The molecule has 25 heavy (non-hydrogen) atoms. The van der Waals surface area contributed by atoms with Crippen LogP contribution in [-0.4, -0.2) is 9.97 Å². The summed E-state index contributed by atoms with van der Waals surface area (Å²) in [6, 6.07) is 13.6. The van der Waals surface area contributed by atoms with Crippen LogP contribution in [-0.2, 0) is 6.54 Å². The number of hydrogen-bond donors (Lipinski definition) is 2. The summed E-state index contributed by atoms with van der Waals surface area (Å²) < 4.78 is 13.7. The van der Waals surface area contributed by atoms with E-state index in [2.05, 4.69) is 20.6 Å². The van der Waals surface area contributed by atoms with Crippen LogP contribution in [0.5, 0.6) is 0 Å². The van der Waals surface area contributed by atoms with Crippen LogP contribution in [0.3, 0.4) is 0 Å². The van der Waals surface area contributed by atoms with Gasteiger partial charge in [0, 0.05) is 23.9 Å². The first kappa shape index (κ1) is 17.5. The molecular weight excluding hydrogens is 362 g/mol. The van der Waals surface area contributed by atoms with Gasteiger partial charge in [0.25, 0.3) is 0 Å². The fraction of sp³-hybridized carbons (Fsp3) is 0.111. The zero-order valence-corrected chi connectivity index (χ0v) is 14.9. The van der Waals surface area contributed by atoms with Crippen molar-refractivity contribution in [2.24, 2.45) is 0 Å². The van der Waals surface area contributed by atoms with Gasteiger partial charge in [0.1, 0.15) is 11.6 Å². The summed E-state index contributed by atoms with van der Waals surface area (Å²) in [5.41, 5.74) is 1.86. The predicted octanol–water partition coefficient (Wildman–Crippen LogP) is 5.59. The molecule has 0 bridgehead atoms. The molecule has 4 nitrogen and oxygen atoms in total. The van der Waals surface area contributed by atoms with E-state index in [1.54, 1.807) is 42.5 Å². The molecule has 0 radical (unpaired) electrons. The Morgan fingerprint density at radius 1 is 1.00 bits per heavy atom. The summed E-state index contributed by atoms with van der Waals surface area (Å²) in [6.07, 6.45) is 0. The predicted molar refractivity (Wildman–Crippen MR) is 100 cm³/mol. The molecule has 1 heterocycles. The number of rotatable bonds is 5. The first-order chi connectivity index (χ1) is 12.0. The molecule has 1 aromatic heterocycles. The van der Waals surface area contributed by atoms with Crippen molar-refractivity contribution in [3.05, 3.63) is 75.7 Å². The van der Waals surface area contributed by atoms with Gasteiger partial charge in [-0.25, -0.2) is 9.37 Å². The Kier molecular flexibility index (Phi) is 5.36. The standard InChI is InChI=1S/C18H15Cl2FN4/c1-11-9-16(24-17-13(19)6-4-7-14(17)20)25-18(23-11)22-10-12-5-2-3-8-15(12)21/h2-9H,10H2,1H3,(H2,22,23,24,25). The van der Waals surface area contributed by atoms with Crippen LogP contribution in [0.15, 0.2) is 48.5 Å². The van der Waals surface area contributed by atoms with Crippen molar-refractivity contribution in [2.75, 3.05) is 10.6 Å². The first-order valence-corrected chi connectivity index (χ1v) is 8.32. The minimum Gasteiger partial charge on any atom is -0.350 e. The molecule has 0 atom stereocenters. The van der Waals surface area contributed by atoms with Gasteiger partial charge < -0.3 is 10.6 Å². The van der Waals surface area contributed by atoms with E-state index in [9.17, 15) is 4.39 Å². The van der Waals surface area contributed by atoms with Gasteiger partial charge in [0.2, 0.25) is 5.95 Å². The molecule has 0 aliphatic rings. The molecule has 0 saturated carbocycles. The van der Waals surface area contributed by atoms with Crippen molar-refractivity contribution >= 4 is 40.7 Å². The zero-order valence-electron chi connectivity index (χ0n) is 13.4. The molecule has 2 N–H and O–H groups in total. The summed E-state index contributed by atoms with van der Waals surface area (Å²) in [5, 5.41) is 7.11. The van der Waals surface area contributed by atoms with E-state index in [1.165, 1.54) is 6.07 Å². The molecule has 0 saturated heterocycles. The van der Waals surface area contributed by atoms with Crippen LogP contribution < -0.4 is 10.6 Å². The third-order valence-electron chi connectivity index (χ3n) is 3.46. The van der Waals surface area contributed by atoms with Crippen LogP contribution in [0.1, 0.15) is 11.3 Å². The Morgan fingerprint density at radius 3 is 2.44 bits per heavy atom. The molecule has 3 aromatic rings. The average Bonchev–Trinajstić information content (AvgIpc) is 2.57. The Morgan fingerprint density at radius 2 is 1.72 bits per heavy atom. The van der Waals surface area contributed by atoms with E-state index in [0.29, 0.717) is 33.1 Å². The number of para-hydroxylation sites is 1. The molecule has 0 amide bonds. The number of aryl methyl sites for hydroxylation is 1. The summed E-state index contributed by atoms with van der Waals surface area (Å²) in [6.45, 7) is 2.12. The fourth-order valence-electron chi connectivity index (χ4n) is 2.27. The lowest BCUT2D eigenvalue weighted by Crippen LogP contribution is -2.07. The van der Waals surface area contributed by atoms with Crippen LogP contribution >= 0.6 is 23.2 Å². The summed E-state index contributed by atoms with van der Waals surface area (Å²) in [5.74, 6) is 0.649. The average molecular weight is 377 g/mol. The molecule has 2 aromatic carbocycles. The molecule has 128 valence electrons. The number of hydrogen-bond acceptors (Lipinski definition) is 4. The van der Waals surface area contributed by atoms with Crippen LogP contribution in [0.4, 0.5) is 21.8 Å². The molecule has 0 aliphatic carbocycles. The second kappa shape index (κ2) is 7.68. The number of benzene rings is 2. The Bertz CT molecular complexity index is 882. The van der Waals surface area contributed by atoms with Crippen LogP contribution in [0.2, 0.25) is 10.0 Å². The van der Waals surface area contributed by atoms with E-state index >= 15 is 0 Å². The molecule has 0 fully saturated rings. The van der Waals surface area contributed by atoms with Crippen LogP contribution in [0, 0.1) is 12.7 Å². The van der Waals surface area contributed by atoms with Crippen molar-refractivity contribution in [3.8, 4) is 0 Å². The summed E-state index contributed by atoms with van der Waals surface area (Å²) >= 11 is 12.3. The third-order valence-corrected chi connectivity index (χ3v) is 4.09. The Hall–Kier alpha value is -2.37. The van der Waals surface area contributed by atoms with Gasteiger partial charge in [-0.1, -0.05) is 47.5 Å². The highest BCUT2D eigenvalue weighted by atomic mass is 35.5. The van der Waals surface area contributed by atoms with Gasteiger partial charge in [-0.2, -0.15) is 4.98 Å². The van der Waals surface area contributed by atoms with E-state index in [0.717, 1.165) is 5.69 Å². The van der Waals surface area contributed by atoms with E-state index in [4.69, 9.17) is 23.2 Å². The number of aromatic nitrogens is 2. The summed E-state index contributed by atoms with van der Waals surface area (Å²) in [4.78, 5) is 8.70. The van der Waals surface area contributed by atoms with Gasteiger partial charge in [-0.05, 0) is 25.1 Å². The van der Waals surface area contributed by atoms with Gasteiger partial charge in [-0.3, -0.25) is 0 Å². The lowest BCUT2D eigenvalue weighted by Gasteiger charge is -2.12. The third kappa shape index (κ3) is 4.38. The highest BCUT2D eigenvalue weighted by Crippen LogP contribution is 2.32. The van der Waals surface area contributed by atoms with Gasteiger partial charge >= 0.3 is 0 Å². The lowest BCUT2D eigenvalue weighted by atomic mass is 10.2. The van der Waals surface area contributed by atoms with Crippen molar-refractivity contribution in [2.45, 2.75) is 13.5 Å². The van der Waals surface area contributed by atoms with Gasteiger partial charge in [0.05, 0.1) is 15.7 Å². The van der Waals surface area contributed by atoms with Gasteiger partial charge in [-0.15, -0.1) is 0 Å². The maximum atomic E-state index is 13.7. The molecule has 7 heteroatoms. The number of anilines is 3. The number of halogens is 3. The van der Waals surface area contributed by atoms with E-state index in [1.807, 2.05) is 6.92 Å². The number of nitrogens with zero attached hydrogens (tertiary/aromatic N) is 2. The van der Waals surface area contributed by atoms with Crippen molar-refractivity contribution < 1.29 is 4.39 Å². The first-order valence-electron chi connectivity index (χ1n) is 7.57. The quantitative estimate of drug-likeness (QED) is 0.609. The van der Waals surface area contributed by atoms with Crippen molar-refractivity contribution in [1.29, 1.82) is 0 Å². The molecule has 3 rings (SSSR count). The SMILES string of the molecule is Cc1cc(Nc2c(Cl)cccc2Cl)nc(NCc2ccccc2F)n1. The smallest absolute Gasteiger partial charge is 0.225 e. The monoisotopic (exact) mass is 376 g/mol. The highest BCUT2D eigenvalue weighted by Gasteiger charge is 2.09. The number of nitrogens with one attached hydrogen (secondary N) is 2. The molecule has 0 unspecified atom stereocenters. The molecule has 0 aliphatic heterocycles. The van der Waals surface area contributed by atoms with Gasteiger partial charge in [0.15, 0.2) is 0 Å². The fourth-order valence-corrected chi connectivity index (χ4v) is 2.76. The van der Waals surface area contributed by atoms with E-state index in [-0.39, 0.29) is 12.4 Å². The van der Waals surface area contributed by atoms with Crippen LogP contribution in [0.25, 0.3) is 0 Å². The Balaban J connectivity index is 1.80. The largest absolute Gasteiger partial charge is 0.350 e. The minimum atomic E-state index is -0.274. The molecular formula is C18H15Cl2FN4. The van der Waals surface area contributed by atoms with Crippen molar-refractivity contribution in [3.63, 3.8) is 0 Å². The highest BCUT2D eigenvalue weighted by molar-refractivity contribution is 6.39. The minimum absolute atomic E-state index is 0.274. The maximum absolute atomic E-state index is 13.7. The normalized spacial score (nSPS) is 10.6. The zero-order chi connectivity index (χ0) is 17.8. The second-order valence-corrected chi connectivity index (χ2v) is 6.20. The van der Waals surface area contributed by atoms with E-state index < -0.39 is 0 Å². The maximum Gasteiger partial charge on any atom is 0.225 e. The molecule has 0 spiro atoms. The van der Waals surface area contributed by atoms with Crippen molar-refractivity contribution in [1.82, 2.24) is 9.97 Å².